The van der Waals surface area contributed by atoms with E-state index in [9.17, 15) is 9.59 Å². The van der Waals surface area contributed by atoms with Crippen LogP contribution in [0, 0.1) is 12.3 Å². The molecule has 0 amide bonds. The molecule has 0 radical (unpaired) electrons. The summed E-state index contributed by atoms with van der Waals surface area (Å²) in [5.74, 6) is 2.41. The van der Waals surface area contributed by atoms with Crippen molar-refractivity contribution in [3.63, 3.8) is 0 Å². The molecule has 0 aliphatic carbocycles. The van der Waals surface area contributed by atoms with Crippen LogP contribution in [0.4, 0.5) is 0 Å². The van der Waals surface area contributed by atoms with Crippen molar-refractivity contribution in [2.24, 2.45) is 0 Å². The second-order valence-electron chi connectivity index (χ2n) is 8.02. The van der Waals surface area contributed by atoms with Gasteiger partial charge in [-0.25, -0.2) is 4.79 Å². The minimum atomic E-state index is -2.01. The molecule has 7 nitrogen and oxygen atoms in total. The van der Waals surface area contributed by atoms with Gasteiger partial charge in [-0.1, -0.05) is 32.8 Å². The molecule has 0 saturated heterocycles. The predicted molar refractivity (Wildman–Crippen MR) is 106 cm³/mol. The summed E-state index contributed by atoms with van der Waals surface area (Å²) in [5.41, 5.74) is -0.942. The summed E-state index contributed by atoms with van der Waals surface area (Å²) in [7, 11) is -2.01. The van der Waals surface area contributed by atoms with Crippen molar-refractivity contribution in [2.45, 2.75) is 57.3 Å². The molecule has 0 fully saturated rings. The Morgan fingerprint density at radius 2 is 2.04 bits per heavy atom. The van der Waals surface area contributed by atoms with Crippen LogP contribution in [-0.2, 0) is 13.9 Å². The van der Waals surface area contributed by atoms with E-state index in [4.69, 9.17) is 20.3 Å². The summed E-state index contributed by atoms with van der Waals surface area (Å²) < 4.78 is 19.2. The number of nitrogens with zero attached hydrogens (tertiary/aromatic N) is 1. The molecular weight excluding hydrogens is 364 g/mol. The molecule has 1 aromatic heterocycles. The van der Waals surface area contributed by atoms with E-state index in [0.29, 0.717) is 6.61 Å². The van der Waals surface area contributed by atoms with Gasteiger partial charge in [0.25, 0.3) is 5.56 Å². The Labute approximate surface area is 160 Å². The minimum Gasteiger partial charge on any atom is -0.414 e. The van der Waals surface area contributed by atoms with Crippen LogP contribution in [0.25, 0.3) is 0 Å². The van der Waals surface area contributed by atoms with Crippen LogP contribution < -0.4 is 11.2 Å². The van der Waals surface area contributed by atoms with Gasteiger partial charge in [-0.05, 0) is 24.2 Å². The van der Waals surface area contributed by atoms with E-state index in [1.165, 1.54) is 16.8 Å². The zero-order chi connectivity index (χ0) is 20.2. The maximum Gasteiger partial charge on any atom is 0.328 e. The number of aromatic amines is 1. The number of H-pyrrole nitrogens is 1. The summed E-state index contributed by atoms with van der Waals surface area (Å²) in [6, 6.07) is 0.881. The van der Waals surface area contributed by atoms with E-state index in [1.54, 1.807) is 6.08 Å². The highest BCUT2D eigenvalue weighted by atomic mass is 28.4. The van der Waals surface area contributed by atoms with Gasteiger partial charge in [-0.15, -0.1) is 6.42 Å². The smallest absolute Gasteiger partial charge is 0.328 e. The predicted octanol–water partition coefficient (Wildman–Crippen LogP) is 2.03. The Bertz CT molecular complexity index is 828. The highest BCUT2D eigenvalue weighted by Gasteiger charge is 2.39. The third kappa shape index (κ3) is 5.29. The molecule has 2 unspecified atom stereocenters. The first kappa shape index (κ1) is 21.4. The van der Waals surface area contributed by atoms with Gasteiger partial charge < -0.3 is 13.9 Å². The topological polar surface area (TPSA) is 82.6 Å². The van der Waals surface area contributed by atoms with E-state index in [0.717, 1.165) is 0 Å². The third-order valence-electron chi connectivity index (χ3n) is 5.07. The van der Waals surface area contributed by atoms with Crippen LogP contribution in [0.2, 0.25) is 18.1 Å². The van der Waals surface area contributed by atoms with Crippen molar-refractivity contribution in [1.29, 1.82) is 0 Å². The number of nitrogens with one attached hydrogen (secondary N) is 1. The van der Waals surface area contributed by atoms with Crippen LogP contribution in [-0.4, -0.2) is 43.5 Å². The van der Waals surface area contributed by atoms with E-state index >= 15 is 0 Å². The highest BCUT2D eigenvalue weighted by Crippen LogP contribution is 2.37. The first-order valence-corrected chi connectivity index (χ1v) is 11.8. The number of ether oxygens (including phenoxy) is 2. The molecule has 0 saturated carbocycles. The first-order valence-electron chi connectivity index (χ1n) is 8.89. The molecule has 0 aromatic carbocycles. The van der Waals surface area contributed by atoms with Crippen molar-refractivity contribution in [3.8, 4) is 12.3 Å². The number of rotatable bonds is 6. The molecule has 1 aromatic rings. The van der Waals surface area contributed by atoms with Gasteiger partial charge in [-0.2, -0.15) is 0 Å². The van der Waals surface area contributed by atoms with E-state index in [2.05, 4.69) is 44.8 Å². The molecule has 148 valence electrons. The van der Waals surface area contributed by atoms with Crippen molar-refractivity contribution in [1.82, 2.24) is 9.55 Å². The van der Waals surface area contributed by atoms with Gasteiger partial charge in [-0.3, -0.25) is 14.3 Å². The van der Waals surface area contributed by atoms with Gasteiger partial charge in [0, 0.05) is 12.3 Å². The van der Waals surface area contributed by atoms with E-state index < -0.39 is 38.0 Å². The second-order valence-corrected chi connectivity index (χ2v) is 12.8. The van der Waals surface area contributed by atoms with Crippen LogP contribution in [0.15, 0.2) is 34.0 Å². The maximum absolute atomic E-state index is 12.2. The third-order valence-corrected chi connectivity index (χ3v) is 9.57. The number of aromatic nitrogens is 2. The van der Waals surface area contributed by atoms with Crippen LogP contribution in [0.3, 0.4) is 0 Å². The Kier molecular flexibility index (Phi) is 6.65. The lowest BCUT2D eigenvalue weighted by Gasteiger charge is -2.39. The maximum atomic E-state index is 12.2. The molecule has 1 aliphatic rings. The normalized spacial score (nSPS) is 23.2. The summed E-state index contributed by atoms with van der Waals surface area (Å²) >= 11 is 0. The molecular formula is C19H28N2O5Si. The number of hydrogen-bond acceptors (Lipinski definition) is 5. The van der Waals surface area contributed by atoms with Crippen LogP contribution in [0.5, 0.6) is 0 Å². The average Bonchev–Trinajstić information content (AvgIpc) is 2.58. The first-order chi connectivity index (χ1) is 12.5. The lowest BCUT2D eigenvalue weighted by atomic mass is 10.1. The van der Waals surface area contributed by atoms with Gasteiger partial charge in [0.15, 0.2) is 14.6 Å². The van der Waals surface area contributed by atoms with Crippen molar-refractivity contribution in [3.05, 3.63) is 45.3 Å². The van der Waals surface area contributed by atoms with Gasteiger partial charge in [0.2, 0.25) is 0 Å². The molecule has 3 atom stereocenters. The zero-order valence-corrected chi connectivity index (χ0v) is 17.5. The molecule has 0 spiro atoms. The summed E-state index contributed by atoms with van der Waals surface area (Å²) in [6.07, 6.45) is 9.17. The van der Waals surface area contributed by atoms with Crippen molar-refractivity contribution < 1.29 is 13.9 Å². The molecule has 1 N–H and O–H groups in total. The largest absolute Gasteiger partial charge is 0.414 e. The van der Waals surface area contributed by atoms with Crippen LogP contribution >= 0.6 is 0 Å². The molecule has 1 aliphatic heterocycles. The molecule has 0 bridgehead atoms. The molecule has 2 rings (SSSR count). The van der Waals surface area contributed by atoms with E-state index in [-0.39, 0.29) is 11.6 Å². The Hall–Kier alpha value is -1.92. The fraction of sp³-hybridized carbons (Fsp3) is 0.579. The van der Waals surface area contributed by atoms with E-state index in [1.807, 2.05) is 6.08 Å². The average molecular weight is 393 g/mol. The Morgan fingerprint density at radius 3 is 2.63 bits per heavy atom. The molecule has 27 heavy (non-hydrogen) atoms. The van der Waals surface area contributed by atoms with Crippen molar-refractivity contribution in [2.75, 3.05) is 13.2 Å². The van der Waals surface area contributed by atoms with Gasteiger partial charge in [0.1, 0.15) is 12.7 Å². The number of terminal acetylenes is 1. The van der Waals surface area contributed by atoms with Gasteiger partial charge >= 0.3 is 5.69 Å². The summed E-state index contributed by atoms with van der Waals surface area (Å²) in [4.78, 5) is 25.9. The van der Waals surface area contributed by atoms with Gasteiger partial charge in [0.05, 0.1) is 12.6 Å². The second kappa shape index (κ2) is 8.40. The SMILES string of the molecule is C#CCOC1C=CC(n2ccc(=O)[nH]c2=O)[C@@H](CO[Si](C)(C)C(C)(C)C)O1. The standard InChI is InChI=1S/C19H28N2O5Si/c1-7-12-24-17-9-8-14(21-11-10-16(22)20-18(21)23)15(26-17)13-25-27(5,6)19(2,3)4/h1,8-11,14-15,17H,12-13H2,2-6H3,(H,20,22,23)/t14?,15-,17?/m1/s1. The Balaban J connectivity index is 2.27. The molecule has 2 heterocycles. The fourth-order valence-corrected chi connectivity index (χ4v) is 3.44. The Morgan fingerprint density at radius 1 is 1.33 bits per heavy atom. The van der Waals surface area contributed by atoms with Crippen LogP contribution in [0.1, 0.15) is 26.8 Å². The lowest BCUT2D eigenvalue weighted by Crippen LogP contribution is -2.47. The van der Waals surface area contributed by atoms with Crippen molar-refractivity contribution >= 4 is 8.32 Å². The number of hydrogen-bond donors (Lipinski definition) is 1. The quantitative estimate of drug-likeness (QED) is 0.455. The monoisotopic (exact) mass is 392 g/mol. The summed E-state index contributed by atoms with van der Waals surface area (Å²) in [6.45, 7) is 11.2. The highest BCUT2D eigenvalue weighted by molar-refractivity contribution is 6.74. The summed E-state index contributed by atoms with van der Waals surface area (Å²) in [5, 5.41) is 0.0429. The molecule has 8 heteroatoms. The minimum absolute atomic E-state index is 0.0429. The lowest BCUT2D eigenvalue weighted by molar-refractivity contribution is -0.159. The fourth-order valence-electron chi connectivity index (χ4n) is 2.43. The zero-order valence-electron chi connectivity index (χ0n) is 16.5.